The van der Waals surface area contributed by atoms with E-state index in [2.05, 4.69) is 20.9 Å². The standard InChI is InChI=1S/C15H23ClN4O2.HI/c1-17-15(19-10-11-22-2)18-9-3-4-14(21)20-13-7-5-12(16)6-8-13;/h5-8H,3-4,9-11H2,1-2H3,(H,20,21)(H2,17,18,19);1H. The van der Waals surface area contributed by atoms with Crippen LogP contribution >= 0.6 is 35.6 Å². The van der Waals surface area contributed by atoms with Crippen LogP contribution in [0.5, 0.6) is 0 Å². The number of nitrogens with one attached hydrogen (secondary N) is 3. The number of halogens is 2. The number of ether oxygens (including phenoxy) is 1. The van der Waals surface area contributed by atoms with Crippen LogP contribution in [0.2, 0.25) is 5.02 Å². The molecular weight excluding hydrogens is 431 g/mol. The monoisotopic (exact) mass is 454 g/mol. The Morgan fingerprint density at radius 2 is 1.87 bits per heavy atom. The molecule has 0 heterocycles. The van der Waals surface area contributed by atoms with Crippen LogP contribution in [-0.4, -0.2) is 45.7 Å². The highest BCUT2D eigenvalue weighted by Crippen LogP contribution is 2.13. The Kier molecular flexibility index (Phi) is 12.8. The number of amides is 1. The van der Waals surface area contributed by atoms with E-state index in [0.29, 0.717) is 43.5 Å². The summed E-state index contributed by atoms with van der Waals surface area (Å²) < 4.78 is 4.95. The van der Waals surface area contributed by atoms with E-state index in [1.54, 1.807) is 38.4 Å². The summed E-state index contributed by atoms with van der Waals surface area (Å²) in [6.07, 6.45) is 1.15. The first-order valence-corrected chi connectivity index (χ1v) is 7.52. The lowest BCUT2D eigenvalue weighted by Gasteiger charge is -2.11. The molecule has 8 heteroatoms. The van der Waals surface area contributed by atoms with E-state index in [0.717, 1.165) is 5.69 Å². The van der Waals surface area contributed by atoms with E-state index in [9.17, 15) is 4.79 Å². The molecule has 0 radical (unpaired) electrons. The number of methoxy groups -OCH3 is 1. The van der Waals surface area contributed by atoms with Crippen molar-refractivity contribution < 1.29 is 9.53 Å². The van der Waals surface area contributed by atoms with Gasteiger partial charge in [-0.1, -0.05) is 11.6 Å². The smallest absolute Gasteiger partial charge is 0.224 e. The minimum atomic E-state index is -0.0218. The van der Waals surface area contributed by atoms with Crippen LogP contribution in [0.3, 0.4) is 0 Å². The summed E-state index contributed by atoms with van der Waals surface area (Å²) in [5.74, 6) is 0.682. The SMILES string of the molecule is CN=C(NCCCC(=O)Nc1ccc(Cl)cc1)NCCOC.I. The molecule has 1 amide bonds. The molecular formula is C15H24ClIN4O2. The Morgan fingerprint density at radius 1 is 1.22 bits per heavy atom. The van der Waals surface area contributed by atoms with E-state index in [-0.39, 0.29) is 29.9 Å². The number of benzene rings is 1. The second kappa shape index (κ2) is 13.4. The van der Waals surface area contributed by atoms with E-state index in [1.807, 2.05) is 0 Å². The normalized spacial score (nSPS) is 10.7. The molecule has 23 heavy (non-hydrogen) atoms. The third-order valence-electron chi connectivity index (χ3n) is 2.82. The number of carbonyl (C=O) groups is 1. The number of hydrogen-bond acceptors (Lipinski definition) is 3. The molecule has 1 aromatic carbocycles. The zero-order chi connectivity index (χ0) is 16.2. The third-order valence-corrected chi connectivity index (χ3v) is 3.08. The summed E-state index contributed by atoms with van der Waals surface area (Å²) in [6, 6.07) is 7.04. The first-order chi connectivity index (χ1) is 10.7. The number of anilines is 1. The molecule has 0 aliphatic carbocycles. The van der Waals surface area contributed by atoms with Crippen LogP contribution in [0.1, 0.15) is 12.8 Å². The number of aliphatic imine (C=N–C) groups is 1. The van der Waals surface area contributed by atoms with Gasteiger partial charge in [0.2, 0.25) is 5.91 Å². The lowest BCUT2D eigenvalue weighted by Crippen LogP contribution is -2.39. The largest absolute Gasteiger partial charge is 0.383 e. The second-order valence-electron chi connectivity index (χ2n) is 4.58. The van der Waals surface area contributed by atoms with Crippen molar-refractivity contribution in [3.63, 3.8) is 0 Å². The molecule has 0 atom stereocenters. The molecule has 1 aromatic rings. The van der Waals surface area contributed by atoms with Crippen molar-refractivity contribution >= 4 is 53.1 Å². The quantitative estimate of drug-likeness (QED) is 0.244. The zero-order valence-electron chi connectivity index (χ0n) is 13.4. The topological polar surface area (TPSA) is 74.8 Å². The summed E-state index contributed by atoms with van der Waals surface area (Å²) in [6.45, 7) is 1.97. The number of nitrogens with zero attached hydrogens (tertiary/aromatic N) is 1. The van der Waals surface area contributed by atoms with Gasteiger partial charge in [-0.2, -0.15) is 0 Å². The third kappa shape index (κ3) is 10.4. The lowest BCUT2D eigenvalue weighted by molar-refractivity contribution is -0.116. The molecule has 0 saturated carbocycles. The summed E-state index contributed by atoms with van der Waals surface area (Å²) in [5, 5.41) is 9.72. The highest BCUT2D eigenvalue weighted by Gasteiger charge is 2.03. The molecule has 3 N–H and O–H groups in total. The zero-order valence-corrected chi connectivity index (χ0v) is 16.5. The fourth-order valence-corrected chi connectivity index (χ4v) is 1.83. The van der Waals surface area contributed by atoms with Crippen LogP contribution in [0.4, 0.5) is 5.69 Å². The molecule has 0 aliphatic rings. The van der Waals surface area contributed by atoms with Crippen molar-refractivity contribution in [2.24, 2.45) is 4.99 Å². The fraction of sp³-hybridized carbons (Fsp3) is 0.467. The van der Waals surface area contributed by atoms with Gasteiger partial charge >= 0.3 is 0 Å². The van der Waals surface area contributed by atoms with Crippen LogP contribution in [0.25, 0.3) is 0 Å². The van der Waals surface area contributed by atoms with Crippen molar-refractivity contribution in [1.29, 1.82) is 0 Å². The van der Waals surface area contributed by atoms with Gasteiger partial charge in [0.15, 0.2) is 5.96 Å². The van der Waals surface area contributed by atoms with E-state index >= 15 is 0 Å². The van der Waals surface area contributed by atoms with Gasteiger partial charge in [0.25, 0.3) is 0 Å². The predicted octanol–water partition coefficient (Wildman–Crippen LogP) is 2.49. The Hall–Kier alpha value is -1.06. The van der Waals surface area contributed by atoms with Crippen LogP contribution < -0.4 is 16.0 Å². The van der Waals surface area contributed by atoms with Crippen molar-refractivity contribution in [3.8, 4) is 0 Å². The highest BCUT2D eigenvalue weighted by atomic mass is 127. The molecule has 0 fully saturated rings. The van der Waals surface area contributed by atoms with Gasteiger partial charge < -0.3 is 20.7 Å². The van der Waals surface area contributed by atoms with Gasteiger partial charge in [-0.05, 0) is 30.7 Å². The number of hydrogen-bond donors (Lipinski definition) is 3. The Bertz CT molecular complexity index is 483. The number of carbonyl (C=O) groups excluding carboxylic acids is 1. The number of guanidine groups is 1. The minimum Gasteiger partial charge on any atom is -0.383 e. The maximum Gasteiger partial charge on any atom is 0.224 e. The molecule has 6 nitrogen and oxygen atoms in total. The Morgan fingerprint density at radius 3 is 2.48 bits per heavy atom. The molecule has 0 unspecified atom stereocenters. The Balaban J connectivity index is 0.00000484. The van der Waals surface area contributed by atoms with Gasteiger partial charge in [-0.15, -0.1) is 24.0 Å². The van der Waals surface area contributed by atoms with Gasteiger partial charge in [-0.25, -0.2) is 0 Å². The molecule has 0 spiro atoms. The van der Waals surface area contributed by atoms with Crippen LogP contribution in [0, 0.1) is 0 Å². The van der Waals surface area contributed by atoms with Crippen LogP contribution in [0.15, 0.2) is 29.3 Å². The summed E-state index contributed by atoms with van der Waals surface area (Å²) in [5.41, 5.74) is 0.749. The highest BCUT2D eigenvalue weighted by molar-refractivity contribution is 14.0. The summed E-state index contributed by atoms with van der Waals surface area (Å²) in [7, 11) is 3.35. The van der Waals surface area contributed by atoms with E-state index in [4.69, 9.17) is 16.3 Å². The number of rotatable bonds is 8. The van der Waals surface area contributed by atoms with Crippen molar-refractivity contribution in [2.75, 3.05) is 39.2 Å². The van der Waals surface area contributed by atoms with Gasteiger partial charge in [0.05, 0.1) is 6.61 Å². The van der Waals surface area contributed by atoms with Gasteiger partial charge in [0.1, 0.15) is 0 Å². The molecule has 130 valence electrons. The van der Waals surface area contributed by atoms with Gasteiger partial charge in [0, 0.05) is 44.4 Å². The molecule has 0 aliphatic heterocycles. The molecule has 0 aromatic heterocycles. The fourth-order valence-electron chi connectivity index (χ4n) is 1.70. The maximum absolute atomic E-state index is 11.8. The minimum absolute atomic E-state index is 0. The molecule has 0 saturated heterocycles. The van der Waals surface area contributed by atoms with E-state index < -0.39 is 0 Å². The van der Waals surface area contributed by atoms with Crippen molar-refractivity contribution in [2.45, 2.75) is 12.8 Å². The average molecular weight is 455 g/mol. The second-order valence-corrected chi connectivity index (χ2v) is 5.01. The van der Waals surface area contributed by atoms with Crippen LogP contribution in [-0.2, 0) is 9.53 Å². The maximum atomic E-state index is 11.8. The van der Waals surface area contributed by atoms with Crippen molar-refractivity contribution in [1.82, 2.24) is 10.6 Å². The summed E-state index contributed by atoms with van der Waals surface area (Å²) >= 11 is 5.79. The lowest BCUT2D eigenvalue weighted by atomic mass is 10.2. The van der Waals surface area contributed by atoms with Crippen molar-refractivity contribution in [3.05, 3.63) is 29.3 Å². The van der Waals surface area contributed by atoms with Gasteiger partial charge in [-0.3, -0.25) is 9.79 Å². The Labute approximate surface area is 159 Å². The summed E-state index contributed by atoms with van der Waals surface area (Å²) in [4.78, 5) is 15.9. The predicted molar refractivity (Wildman–Crippen MR) is 106 cm³/mol. The molecule has 0 bridgehead atoms. The molecule has 1 rings (SSSR count). The average Bonchev–Trinajstić information content (AvgIpc) is 2.52. The first kappa shape index (κ1) is 21.9. The van der Waals surface area contributed by atoms with E-state index in [1.165, 1.54) is 0 Å². The first-order valence-electron chi connectivity index (χ1n) is 7.14.